The highest BCUT2D eigenvalue weighted by Gasteiger charge is 2.40. The minimum Gasteiger partial charge on any atom is -0.359 e. The first-order valence-corrected chi connectivity index (χ1v) is 7.44. The Kier molecular flexibility index (Phi) is 5.89. The van der Waals surface area contributed by atoms with E-state index in [2.05, 4.69) is 10.6 Å². The number of hydrogen-bond donors (Lipinski definition) is 2. The molecule has 0 spiro atoms. The molecule has 1 heterocycles. The summed E-state index contributed by atoms with van der Waals surface area (Å²) in [5.74, 6) is -0.115. The van der Waals surface area contributed by atoms with Crippen LogP contribution in [0.2, 0.25) is 0 Å². The fourth-order valence-electron chi connectivity index (χ4n) is 2.84. The summed E-state index contributed by atoms with van der Waals surface area (Å²) in [4.78, 5) is 37.4. The van der Waals surface area contributed by atoms with Crippen molar-refractivity contribution in [3.63, 3.8) is 0 Å². The Morgan fingerprint density at radius 1 is 1.29 bits per heavy atom. The number of carbonyl (C=O) groups excluding carboxylic acids is 3. The lowest BCUT2D eigenvalue weighted by Crippen LogP contribution is -2.47. The van der Waals surface area contributed by atoms with E-state index < -0.39 is 11.5 Å². The molecule has 0 bridgehead atoms. The van der Waals surface area contributed by atoms with Gasteiger partial charge in [0.2, 0.25) is 11.8 Å². The van der Waals surface area contributed by atoms with E-state index in [-0.39, 0.29) is 30.1 Å². The fraction of sp³-hybridized carbons (Fsp3) is 0.800. The van der Waals surface area contributed by atoms with Crippen molar-refractivity contribution in [3.05, 3.63) is 0 Å². The molecule has 2 N–H and O–H groups in total. The maximum atomic E-state index is 12.1. The second-order valence-corrected chi connectivity index (χ2v) is 6.50. The van der Waals surface area contributed by atoms with Gasteiger partial charge in [0.05, 0.1) is 18.0 Å². The molecule has 0 aromatic carbocycles. The number of ketones is 1. The van der Waals surface area contributed by atoms with E-state index in [9.17, 15) is 14.4 Å². The number of nitrogens with one attached hydrogen (secondary N) is 2. The monoisotopic (exact) mass is 297 g/mol. The van der Waals surface area contributed by atoms with E-state index in [1.807, 2.05) is 25.7 Å². The molecule has 2 atom stereocenters. The van der Waals surface area contributed by atoms with Crippen LogP contribution in [0.25, 0.3) is 0 Å². The molecule has 21 heavy (non-hydrogen) atoms. The largest absolute Gasteiger partial charge is 0.359 e. The predicted molar refractivity (Wildman–Crippen MR) is 80.7 cm³/mol. The number of likely N-dealkylation sites (tertiary alicyclic amines) is 1. The number of carbonyl (C=O) groups is 3. The van der Waals surface area contributed by atoms with Gasteiger partial charge in [0.15, 0.2) is 5.78 Å². The molecule has 0 aromatic heterocycles. The summed E-state index contributed by atoms with van der Waals surface area (Å²) in [7, 11) is 1.63. The lowest BCUT2D eigenvalue weighted by atomic mass is 9.89. The summed E-state index contributed by atoms with van der Waals surface area (Å²) in [5.41, 5.74) is -0.437. The third-order valence-corrected chi connectivity index (χ3v) is 4.12. The molecule has 2 amide bonds. The molecule has 6 heteroatoms. The Balaban J connectivity index is 2.54. The van der Waals surface area contributed by atoms with Crippen LogP contribution in [0.1, 0.15) is 34.1 Å². The minimum atomic E-state index is -0.439. The third kappa shape index (κ3) is 4.52. The van der Waals surface area contributed by atoms with Crippen LogP contribution in [0.5, 0.6) is 0 Å². The van der Waals surface area contributed by atoms with E-state index in [1.165, 1.54) is 6.92 Å². The van der Waals surface area contributed by atoms with Crippen LogP contribution in [0.4, 0.5) is 0 Å². The first kappa shape index (κ1) is 17.6. The van der Waals surface area contributed by atoms with Crippen molar-refractivity contribution in [2.24, 2.45) is 11.3 Å². The smallest absolute Gasteiger partial charge is 0.234 e. The van der Waals surface area contributed by atoms with E-state index >= 15 is 0 Å². The second-order valence-electron chi connectivity index (χ2n) is 6.50. The highest BCUT2D eigenvalue weighted by atomic mass is 16.2. The first-order valence-electron chi connectivity index (χ1n) is 7.44. The van der Waals surface area contributed by atoms with Gasteiger partial charge in [0.25, 0.3) is 0 Å². The van der Waals surface area contributed by atoms with Crippen LogP contribution in [-0.2, 0) is 14.4 Å². The molecule has 0 saturated carbocycles. The van der Waals surface area contributed by atoms with Crippen LogP contribution < -0.4 is 10.6 Å². The summed E-state index contributed by atoms with van der Waals surface area (Å²) >= 11 is 0. The van der Waals surface area contributed by atoms with E-state index in [4.69, 9.17) is 0 Å². The van der Waals surface area contributed by atoms with E-state index in [0.717, 1.165) is 6.42 Å². The second kappa shape index (κ2) is 7.02. The van der Waals surface area contributed by atoms with E-state index in [1.54, 1.807) is 7.05 Å². The highest BCUT2D eigenvalue weighted by Crippen LogP contribution is 2.29. The van der Waals surface area contributed by atoms with Gasteiger partial charge in [-0.05, 0) is 32.7 Å². The molecular weight excluding hydrogens is 270 g/mol. The molecule has 0 radical (unpaired) electrons. The van der Waals surface area contributed by atoms with Crippen LogP contribution in [-0.4, -0.2) is 55.2 Å². The molecule has 0 aromatic rings. The van der Waals surface area contributed by atoms with Gasteiger partial charge in [-0.2, -0.15) is 0 Å². The minimum absolute atomic E-state index is 0.00852. The molecule has 0 aliphatic carbocycles. The fourth-order valence-corrected chi connectivity index (χ4v) is 2.84. The maximum Gasteiger partial charge on any atom is 0.234 e. The number of amides is 2. The number of nitrogens with zero attached hydrogens (tertiary/aromatic N) is 1. The topological polar surface area (TPSA) is 78.5 Å². The SMILES string of the molecule is CNC(=O)C1(C)CCN(CC(=O)NC(C(C)=O)C(C)C)C1. The zero-order valence-electron chi connectivity index (χ0n) is 13.7. The third-order valence-electron chi connectivity index (χ3n) is 4.12. The van der Waals surface area contributed by atoms with Gasteiger partial charge in [-0.1, -0.05) is 13.8 Å². The Bertz CT molecular complexity index is 422. The summed E-state index contributed by atoms with van der Waals surface area (Å²) in [6.45, 7) is 8.72. The molecule has 1 aliphatic rings. The Morgan fingerprint density at radius 3 is 2.38 bits per heavy atom. The lowest BCUT2D eigenvalue weighted by Gasteiger charge is -2.24. The van der Waals surface area contributed by atoms with Crippen molar-refractivity contribution in [1.82, 2.24) is 15.5 Å². The Hall–Kier alpha value is -1.43. The van der Waals surface area contributed by atoms with Gasteiger partial charge in [0.1, 0.15) is 0 Å². The van der Waals surface area contributed by atoms with Gasteiger partial charge >= 0.3 is 0 Å². The molecule has 1 fully saturated rings. The van der Waals surface area contributed by atoms with Gasteiger partial charge in [0, 0.05) is 13.6 Å². The van der Waals surface area contributed by atoms with Crippen molar-refractivity contribution >= 4 is 17.6 Å². The maximum absolute atomic E-state index is 12.1. The van der Waals surface area contributed by atoms with Crippen LogP contribution in [0, 0.1) is 11.3 Å². The molecule has 1 saturated heterocycles. The summed E-state index contributed by atoms with van der Waals surface area (Å²) < 4.78 is 0. The van der Waals surface area contributed by atoms with Crippen LogP contribution >= 0.6 is 0 Å². The van der Waals surface area contributed by atoms with Crippen molar-refractivity contribution in [2.45, 2.75) is 40.2 Å². The standard InChI is InChI=1S/C15H27N3O3/c1-10(2)13(11(3)19)17-12(20)8-18-7-6-15(4,9-18)14(21)16-5/h10,13H,6-9H2,1-5H3,(H,16,21)(H,17,20). The van der Waals surface area contributed by atoms with Crippen LogP contribution in [0.15, 0.2) is 0 Å². The Labute approximate surface area is 126 Å². The highest BCUT2D eigenvalue weighted by molar-refractivity contribution is 5.88. The average molecular weight is 297 g/mol. The van der Waals surface area contributed by atoms with Gasteiger partial charge in [-0.25, -0.2) is 0 Å². The van der Waals surface area contributed by atoms with Gasteiger partial charge in [-0.3, -0.25) is 19.3 Å². The number of rotatable bonds is 6. The van der Waals surface area contributed by atoms with Crippen molar-refractivity contribution in [1.29, 1.82) is 0 Å². The summed E-state index contributed by atoms with van der Waals surface area (Å²) in [5, 5.41) is 5.46. The van der Waals surface area contributed by atoms with Crippen molar-refractivity contribution in [3.8, 4) is 0 Å². The summed E-state index contributed by atoms with van der Waals surface area (Å²) in [6, 6.07) is -0.439. The molecule has 6 nitrogen and oxygen atoms in total. The van der Waals surface area contributed by atoms with E-state index in [0.29, 0.717) is 13.1 Å². The Morgan fingerprint density at radius 2 is 1.90 bits per heavy atom. The van der Waals surface area contributed by atoms with Crippen LogP contribution in [0.3, 0.4) is 0 Å². The van der Waals surface area contributed by atoms with Crippen molar-refractivity contribution < 1.29 is 14.4 Å². The molecule has 1 aliphatic heterocycles. The zero-order chi connectivity index (χ0) is 16.2. The normalized spacial score (nSPS) is 23.9. The molecule has 1 rings (SSSR count). The quantitative estimate of drug-likeness (QED) is 0.733. The number of hydrogen-bond acceptors (Lipinski definition) is 4. The number of Topliss-reactive ketones (excluding diaryl/α,β-unsaturated/α-hetero) is 1. The lowest BCUT2D eigenvalue weighted by molar-refractivity contribution is -0.130. The zero-order valence-corrected chi connectivity index (χ0v) is 13.7. The van der Waals surface area contributed by atoms with Crippen molar-refractivity contribution in [2.75, 3.05) is 26.7 Å². The first-order chi connectivity index (χ1) is 9.69. The summed E-state index contributed by atoms with van der Waals surface area (Å²) in [6.07, 6.45) is 0.736. The van der Waals surface area contributed by atoms with Gasteiger partial charge < -0.3 is 10.6 Å². The molecule has 120 valence electrons. The van der Waals surface area contributed by atoms with Gasteiger partial charge in [-0.15, -0.1) is 0 Å². The average Bonchev–Trinajstić information content (AvgIpc) is 2.77. The molecule has 2 unspecified atom stereocenters. The predicted octanol–water partition coefficient (Wildman–Crippen LogP) is 0.174. The molecular formula is C15H27N3O3.